The van der Waals surface area contributed by atoms with Crippen molar-refractivity contribution in [2.24, 2.45) is 5.10 Å². The van der Waals surface area contributed by atoms with E-state index in [1.54, 1.807) is 20.2 Å². The molecular formula is C19H25N7O4. The van der Waals surface area contributed by atoms with Crippen molar-refractivity contribution in [3.63, 3.8) is 0 Å². The summed E-state index contributed by atoms with van der Waals surface area (Å²) in [5, 5.41) is 20.3. The summed E-state index contributed by atoms with van der Waals surface area (Å²) in [5.74, 6) is -0.510. The molecule has 0 radical (unpaired) electrons. The standard InChI is InChI=1S/C15H17N7O2.C4H8O2/c1-21(15(23)14-11-16-19-20-18-14)13-4-2-12(3-5-13)10-17-22-6-8-24-9-7-22;1-3-6-4(2)5/h2-5,10-11H,6-9H2,1H3;3H2,1-2H3. The lowest BCUT2D eigenvalue weighted by Gasteiger charge is -2.23. The van der Waals surface area contributed by atoms with Crippen LogP contribution in [0.4, 0.5) is 5.69 Å². The number of carbonyl (C=O) groups excluding carboxylic acids is 2. The summed E-state index contributed by atoms with van der Waals surface area (Å²) in [6.45, 7) is 6.66. The summed E-state index contributed by atoms with van der Waals surface area (Å²) in [4.78, 5) is 23.6. The number of ether oxygens (including phenoxy) is 2. The number of carbonyl (C=O) groups is 2. The van der Waals surface area contributed by atoms with E-state index in [9.17, 15) is 9.59 Å². The minimum atomic E-state index is -0.299. The van der Waals surface area contributed by atoms with E-state index in [1.807, 2.05) is 29.3 Å². The van der Waals surface area contributed by atoms with E-state index in [1.165, 1.54) is 18.0 Å². The van der Waals surface area contributed by atoms with Crippen LogP contribution < -0.4 is 4.90 Å². The third-order valence-corrected chi connectivity index (χ3v) is 3.93. The van der Waals surface area contributed by atoms with E-state index in [0.29, 0.717) is 19.8 Å². The molecule has 0 saturated carbocycles. The average Bonchev–Trinajstić information content (AvgIpc) is 2.79. The lowest BCUT2D eigenvalue weighted by molar-refractivity contribution is -0.140. The summed E-state index contributed by atoms with van der Waals surface area (Å²) >= 11 is 0. The topological polar surface area (TPSA) is 123 Å². The molecule has 1 amide bonds. The number of hydrogen-bond acceptors (Lipinski definition) is 10. The minimum absolute atomic E-state index is 0.144. The number of rotatable bonds is 5. The molecule has 1 aliphatic rings. The van der Waals surface area contributed by atoms with Crippen molar-refractivity contribution < 1.29 is 19.1 Å². The highest BCUT2D eigenvalue weighted by atomic mass is 16.5. The number of amides is 1. The fourth-order valence-corrected chi connectivity index (χ4v) is 2.39. The first-order valence-electron chi connectivity index (χ1n) is 9.40. The van der Waals surface area contributed by atoms with Gasteiger partial charge in [0, 0.05) is 19.7 Å². The van der Waals surface area contributed by atoms with Crippen molar-refractivity contribution in [3.8, 4) is 0 Å². The van der Waals surface area contributed by atoms with Gasteiger partial charge in [0.05, 0.1) is 45.3 Å². The number of nitrogens with zero attached hydrogens (tertiary/aromatic N) is 7. The maximum atomic E-state index is 12.3. The molecule has 11 heteroatoms. The Labute approximate surface area is 174 Å². The molecule has 30 heavy (non-hydrogen) atoms. The van der Waals surface area contributed by atoms with Gasteiger partial charge in [0.2, 0.25) is 0 Å². The molecule has 2 aromatic rings. The molecule has 0 spiro atoms. The lowest BCUT2D eigenvalue weighted by Crippen LogP contribution is -2.32. The number of hydrazone groups is 1. The predicted octanol–water partition coefficient (Wildman–Crippen LogP) is 0.779. The van der Waals surface area contributed by atoms with E-state index >= 15 is 0 Å². The molecule has 1 aromatic heterocycles. The zero-order valence-electron chi connectivity index (χ0n) is 17.3. The van der Waals surface area contributed by atoms with Gasteiger partial charge in [0.15, 0.2) is 5.69 Å². The van der Waals surface area contributed by atoms with Crippen molar-refractivity contribution in [3.05, 3.63) is 41.7 Å². The fourth-order valence-electron chi connectivity index (χ4n) is 2.39. The van der Waals surface area contributed by atoms with Crippen molar-refractivity contribution in [2.75, 3.05) is 44.9 Å². The summed E-state index contributed by atoms with van der Waals surface area (Å²) < 4.78 is 9.68. The molecule has 0 unspecified atom stereocenters. The van der Waals surface area contributed by atoms with Crippen LogP contribution in [-0.2, 0) is 14.3 Å². The van der Waals surface area contributed by atoms with Gasteiger partial charge < -0.3 is 14.4 Å². The monoisotopic (exact) mass is 415 g/mol. The second kappa shape index (κ2) is 12.2. The smallest absolute Gasteiger partial charge is 0.302 e. The Bertz CT molecular complexity index is 825. The molecule has 1 saturated heterocycles. The Morgan fingerprint density at radius 1 is 1.23 bits per heavy atom. The van der Waals surface area contributed by atoms with Crippen molar-refractivity contribution in [1.82, 2.24) is 25.6 Å². The third-order valence-electron chi connectivity index (χ3n) is 3.93. The van der Waals surface area contributed by atoms with Crippen LogP contribution in [0.1, 0.15) is 29.9 Å². The number of aromatic nitrogens is 4. The highest BCUT2D eigenvalue weighted by Gasteiger charge is 2.15. The average molecular weight is 415 g/mol. The SMILES string of the molecule is CCOC(C)=O.CN(C(=O)c1cnnnn1)c1ccc(C=NN2CCOCC2)cc1. The molecule has 1 fully saturated rings. The first kappa shape index (κ1) is 22.8. The van der Waals surface area contributed by atoms with Gasteiger partial charge in [0.1, 0.15) is 0 Å². The summed E-state index contributed by atoms with van der Waals surface area (Å²) in [6, 6.07) is 7.50. The second-order valence-corrected chi connectivity index (χ2v) is 6.10. The van der Waals surface area contributed by atoms with Crippen LogP contribution in [-0.4, -0.2) is 83.7 Å². The molecule has 160 valence electrons. The largest absolute Gasteiger partial charge is 0.466 e. The molecule has 0 aliphatic carbocycles. The van der Waals surface area contributed by atoms with E-state index in [2.05, 4.69) is 30.5 Å². The van der Waals surface area contributed by atoms with Gasteiger partial charge in [-0.1, -0.05) is 12.1 Å². The van der Waals surface area contributed by atoms with Crippen LogP contribution in [0.3, 0.4) is 0 Å². The summed E-state index contributed by atoms with van der Waals surface area (Å²) in [7, 11) is 1.67. The normalized spacial score (nSPS) is 13.4. The van der Waals surface area contributed by atoms with Gasteiger partial charge in [0.25, 0.3) is 5.91 Å². The Morgan fingerprint density at radius 2 is 1.93 bits per heavy atom. The maximum absolute atomic E-state index is 12.3. The van der Waals surface area contributed by atoms with Crippen LogP contribution in [0.5, 0.6) is 0 Å². The number of esters is 1. The molecule has 0 N–H and O–H groups in total. The van der Waals surface area contributed by atoms with Gasteiger partial charge in [-0.05, 0) is 35.0 Å². The zero-order valence-corrected chi connectivity index (χ0v) is 17.3. The van der Waals surface area contributed by atoms with Crippen molar-refractivity contribution in [1.29, 1.82) is 0 Å². The molecular weight excluding hydrogens is 390 g/mol. The van der Waals surface area contributed by atoms with Crippen molar-refractivity contribution >= 4 is 23.8 Å². The molecule has 3 rings (SSSR count). The molecule has 1 aromatic carbocycles. The number of anilines is 1. The first-order valence-corrected chi connectivity index (χ1v) is 9.40. The Morgan fingerprint density at radius 3 is 2.47 bits per heavy atom. The highest BCUT2D eigenvalue weighted by Crippen LogP contribution is 2.15. The van der Waals surface area contributed by atoms with Crippen LogP contribution in [0, 0.1) is 0 Å². The van der Waals surface area contributed by atoms with Gasteiger partial charge in [-0.25, -0.2) is 0 Å². The van der Waals surface area contributed by atoms with E-state index < -0.39 is 0 Å². The number of hydrogen-bond donors (Lipinski definition) is 0. The van der Waals surface area contributed by atoms with E-state index in [0.717, 1.165) is 24.3 Å². The second-order valence-electron chi connectivity index (χ2n) is 6.10. The molecule has 2 heterocycles. The lowest BCUT2D eigenvalue weighted by atomic mass is 10.2. The fraction of sp³-hybridized carbons (Fsp3) is 0.421. The molecule has 1 aliphatic heterocycles. The minimum Gasteiger partial charge on any atom is -0.466 e. The van der Waals surface area contributed by atoms with E-state index in [-0.39, 0.29) is 17.6 Å². The van der Waals surface area contributed by atoms with Gasteiger partial charge in [-0.3, -0.25) is 14.6 Å². The summed E-state index contributed by atoms with van der Waals surface area (Å²) in [5.41, 5.74) is 1.84. The van der Waals surface area contributed by atoms with Gasteiger partial charge in [-0.15, -0.1) is 10.2 Å². The molecule has 0 atom stereocenters. The quantitative estimate of drug-likeness (QED) is 0.515. The first-order chi connectivity index (χ1) is 14.5. The van der Waals surface area contributed by atoms with Crippen molar-refractivity contribution in [2.45, 2.75) is 13.8 Å². The van der Waals surface area contributed by atoms with Gasteiger partial charge in [-0.2, -0.15) is 5.10 Å². The number of benzene rings is 1. The molecule has 11 nitrogen and oxygen atoms in total. The van der Waals surface area contributed by atoms with Gasteiger partial charge >= 0.3 is 5.97 Å². The highest BCUT2D eigenvalue weighted by molar-refractivity contribution is 6.04. The summed E-state index contributed by atoms with van der Waals surface area (Å²) in [6.07, 6.45) is 3.09. The van der Waals surface area contributed by atoms with Crippen LogP contribution in [0.25, 0.3) is 0 Å². The Kier molecular flexibility index (Phi) is 9.25. The zero-order chi connectivity index (χ0) is 21.8. The maximum Gasteiger partial charge on any atom is 0.302 e. The predicted molar refractivity (Wildman–Crippen MR) is 109 cm³/mol. The Hall–Kier alpha value is -3.47. The van der Waals surface area contributed by atoms with E-state index in [4.69, 9.17) is 4.74 Å². The number of morpholine rings is 1. The molecule has 0 bridgehead atoms. The Balaban J connectivity index is 0.000000469. The third kappa shape index (κ3) is 7.51. The van der Waals surface area contributed by atoms with Crippen LogP contribution in [0.2, 0.25) is 0 Å². The van der Waals surface area contributed by atoms with Crippen LogP contribution >= 0.6 is 0 Å². The van der Waals surface area contributed by atoms with Crippen LogP contribution in [0.15, 0.2) is 35.6 Å².